The molecule has 214 valence electrons. The zero-order chi connectivity index (χ0) is 26.9. The highest BCUT2D eigenvalue weighted by Gasteiger charge is 2.47. The Morgan fingerprint density at radius 3 is 1.83 bits per heavy atom. The van der Waals surface area contributed by atoms with E-state index >= 15 is 0 Å². The fourth-order valence-corrected chi connectivity index (χ4v) is 5.70. The van der Waals surface area contributed by atoms with Crippen LogP contribution in [0.25, 0.3) is 0 Å². The van der Waals surface area contributed by atoms with Crippen LogP contribution < -0.4 is 0 Å². The third-order valence-electron chi connectivity index (χ3n) is 6.32. The van der Waals surface area contributed by atoms with E-state index in [-0.39, 0.29) is 18.0 Å². The fourth-order valence-electron chi connectivity index (χ4n) is 4.00. The van der Waals surface area contributed by atoms with Gasteiger partial charge in [0.25, 0.3) is 0 Å². The van der Waals surface area contributed by atoms with Gasteiger partial charge in [-0.2, -0.15) is 16.6 Å². The van der Waals surface area contributed by atoms with Crippen LogP contribution >= 0.6 is 20.2 Å². The van der Waals surface area contributed by atoms with Gasteiger partial charge in [0.15, 0.2) is 0 Å². The molecule has 0 N–H and O–H groups in total. The van der Waals surface area contributed by atoms with Crippen LogP contribution in [0.1, 0.15) is 137 Å². The Balaban J connectivity index is 4.61. The number of thioether (sulfide) groups is 1. The first-order valence-electron chi connectivity index (χ1n) is 14.5. The number of unbranched alkanes of at least 4 members (excludes halogenated alkanes) is 13. The van der Waals surface area contributed by atoms with Crippen molar-refractivity contribution in [1.29, 1.82) is 0 Å². The van der Waals surface area contributed by atoms with Crippen molar-refractivity contribution < 1.29 is 28.6 Å². The molecule has 0 aromatic carbocycles. The quantitative estimate of drug-likeness (QED) is 0.0252. The number of carbonyl (C=O) groups is 1. The summed E-state index contributed by atoms with van der Waals surface area (Å²) in [7, 11) is 0.572. The molecule has 0 rings (SSSR count). The van der Waals surface area contributed by atoms with Gasteiger partial charge in [0, 0.05) is 5.25 Å². The Hall–Kier alpha value is -0.200. The van der Waals surface area contributed by atoms with E-state index in [1.54, 1.807) is 0 Å². The van der Waals surface area contributed by atoms with E-state index < -0.39 is 20.0 Å². The molecular weight excluding hydrogens is 495 g/mol. The van der Waals surface area contributed by atoms with Crippen molar-refractivity contribution in [2.24, 2.45) is 0 Å². The predicted octanol–water partition coefficient (Wildman–Crippen LogP) is 9.25. The van der Waals surface area contributed by atoms with E-state index in [0.29, 0.717) is 6.42 Å². The Bertz CT molecular complexity index is 524. The second kappa shape index (κ2) is 25.1. The van der Waals surface area contributed by atoms with E-state index in [4.69, 9.17) is 19.2 Å². The maximum absolute atomic E-state index is 12.2. The molecular formula is C28H55O6PS. The zero-order valence-corrected chi connectivity index (χ0v) is 25.6. The molecule has 0 fully saturated rings. The highest BCUT2D eigenvalue weighted by atomic mass is 32.2. The summed E-state index contributed by atoms with van der Waals surface area (Å²) in [4.78, 5) is 23.3. The minimum atomic E-state index is -2.08. The van der Waals surface area contributed by atoms with Crippen LogP contribution in [-0.4, -0.2) is 42.3 Å². The molecule has 0 aliphatic carbocycles. The Morgan fingerprint density at radius 1 is 0.806 bits per heavy atom. The summed E-state index contributed by atoms with van der Waals surface area (Å²) in [6, 6.07) is 0. The number of carbonyl (C=O) groups excluding carboxylic acids is 1. The maximum atomic E-state index is 12.2. The van der Waals surface area contributed by atoms with Crippen LogP contribution in [-0.2, 0) is 28.6 Å². The smallest absolute Gasteiger partial charge is 0.382 e. The number of hydrogen-bond donors (Lipinski definition) is 0. The first-order valence-corrected chi connectivity index (χ1v) is 16.4. The lowest BCUT2D eigenvalue weighted by Crippen LogP contribution is -2.42. The minimum absolute atomic E-state index is 0.205. The van der Waals surface area contributed by atoms with Gasteiger partial charge in [-0.15, -0.1) is 0 Å². The molecule has 3 atom stereocenters. The normalized spacial score (nSPS) is 15.0. The molecule has 0 aromatic heterocycles. The molecule has 0 saturated heterocycles. The third kappa shape index (κ3) is 17.3. The summed E-state index contributed by atoms with van der Waals surface area (Å²) in [5.41, 5.74) is -2.08. The lowest BCUT2D eigenvalue weighted by Gasteiger charge is -2.28. The van der Waals surface area contributed by atoms with Gasteiger partial charge < -0.3 is 9.47 Å². The first kappa shape index (κ1) is 35.8. The van der Waals surface area contributed by atoms with E-state index in [0.717, 1.165) is 18.6 Å². The average Bonchev–Trinajstić information content (AvgIpc) is 2.90. The van der Waals surface area contributed by atoms with Gasteiger partial charge in [-0.25, -0.2) is 9.68 Å². The number of methoxy groups -OCH3 is 1. The largest absolute Gasteiger partial charge is 0.464 e. The topological polar surface area (TPSA) is 71.1 Å². The van der Waals surface area contributed by atoms with Crippen LogP contribution in [0.4, 0.5) is 0 Å². The van der Waals surface area contributed by atoms with E-state index in [1.165, 1.54) is 97.0 Å². The van der Waals surface area contributed by atoms with Crippen molar-refractivity contribution in [1.82, 2.24) is 0 Å². The summed E-state index contributed by atoms with van der Waals surface area (Å²) in [6.45, 7) is 8.54. The predicted molar refractivity (Wildman–Crippen MR) is 152 cm³/mol. The summed E-state index contributed by atoms with van der Waals surface area (Å²) in [5, 5.41) is 0.232. The summed E-state index contributed by atoms with van der Waals surface area (Å²) >= 11 is 1.92. The van der Waals surface area contributed by atoms with E-state index in [1.807, 2.05) is 25.6 Å². The average molecular weight is 551 g/mol. The van der Waals surface area contributed by atoms with Crippen molar-refractivity contribution in [3.63, 3.8) is 0 Å². The standard InChI is InChI=1S/C28H55O6PS/c1-6-9-11-13-14-15-16-17-19-21-24-36-26(22-20-18-12-10-7-2)25(4)33-34-28(35-30,27(29)31-5)32-23-8-3/h25-26H,6-24H2,1-5H3. The van der Waals surface area contributed by atoms with Crippen LogP contribution in [0.15, 0.2) is 0 Å². The van der Waals surface area contributed by atoms with E-state index in [2.05, 4.69) is 13.8 Å². The Kier molecular flexibility index (Phi) is 25.0. The molecule has 0 radical (unpaired) electrons. The number of ether oxygens (including phenoxy) is 2. The molecule has 0 bridgehead atoms. The van der Waals surface area contributed by atoms with Gasteiger partial charge in [0.05, 0.1) is 13.7 Å². The van der Waals surface area contributed by atoms with Crippen molar-refractivity contribution in [2.45, 2.75) is 154 Å². The van der Waals surface area contributed by atoms with E-state index in [9.17, 15) is 9.36 Å². The van der Waals surface area contributed by atoms with Crippen molar-refractivity contribution in [3.05, 3.63) is 0 Å². The molecule has 0 saturated carbocycles. The second-order valence-corrected chi connectivity index (χ2v) is 11.8. The van der Waals surface area contributed by atoms with Gasteiger partial charge in [-0.3, -0.25) is 4.57 Å². The van der Waals surface area contributed by atoms with Crippen molar-refractivity contribution in [3.8, 4) is 0 Å². The molecule has 6 nitrogen and oxygen atoms in total. The second-order valence-electron chi connectivity index (χ2n) is 9.69. The first-order chi connectivity index (χ1) is 17.5. The number of esters is 1. The van der Waals surface area contributed by atoms with Crippen LogP contribution in [0.2, 0.25) is 0 Å². The monoisotopic (exact) mass is 550 g/mol. The lowest BCUT2D eigenvalue weighted by molar-refractivity contribution is -0.402. The highest BCUT2D eigenvalue weighted by Crippen LogP contribution is 2.32. The molecule has 0 aromatic rings. The molecule has 0 amide bonds. The number of hydrogen-bond acceptors (Lipinski definition) is 7. The lowest BCUT2D eigenvalue weighted by atomic mass is 10.1. The molecule has 0 spiro atoms. The fraction of sp³-hybridized carbons (Fsp3) is 0.964. The zero-order valence-electron chi connectivity index (χ0n) is 23.9. The van der Waals surface area contributed by atoms with Gasteiger partial charge >= 0.3 is 11.5 Å². The third-order valence-corrected chi connectivity index (χ3v) is 8.52. The highest BCUT2D eigenvalue weighted by molar-refractivity contribution is 7.99. The van der Waals surface area contributed by atoms with Gasteiger partial charge in [0.1, 0.15) is 6.10 Å². The number of rotatable bonds is 27. The van der Waals surface area contributed by atoms with Gasteiger partial charge in [-0.1, -0.05) is 111 Å². The van der Waals surface area contributed by atoms with Crippen LogP contribution in [0, 0.1) is 0 Å². The van der Waals surface area contributed by atoms with Crippen LogP contribution in [0.5, 0.6) is 0 Å². The molecule has 36 heavy (non-hydrogen) atoms. The van der Waals surface area contributed by atoms with Gasteiger partial charge in [-0.05, 0) is 31.9 Å². The van der Waals surface area contributed by atoms with Crippen molar-refractivity contribution in [2.75, 3.05) is 19.5 Å². The minimum Gasteiger partial charge on any atom is -0.464 e. The Labute approximate surface area is 227 Å². The maximum Gasteiger partial charge on any atom is 0.382 e. The molecule has 0 aliphatic rings. The molecule has 0 aliphatic heterocycles. The Morgan fingerprint density at radius 2 is 1.33 bits per heavy atom. The summed E-state index contributed by atoms with van der Waals surface area (Å²) < 4.78 is 22.1. The summed E-state index contributed by atoms with van der Waals surface area (Å²) in [5.74, 6) is 0.215. The van der Waals surface area contributed by atoms with Crippen LogP contribution in [0.3, 0.4) is 0 Å². The molecule has 0 heterocycles. The van der Waals surface area contributed by atoms with Crippen molar-refractivity contribution >= 4 is 26.2 Å². The SMILES string of the molecule is CCCCCCCCCCCCSC(CCCCCCC)C(C)OOC(OCCC)(P=O)C(=O)OC. The van der Waals surface area contributed by atoms with Gasteiger partial charge in [0.2, 0.25) is 8.46 Å². The summed E-state index contributed by atoms with van der Waals surface area (Å²) in [6.07, 6.45) is 20.8. The molecule has 8 heteroatoms. The molecule has 3 unspecified atom stereocenters.